The monoisotopic (exact) mass is 274 g/mol. The minimum absolute atomic E-state index is 0.340. The van der Waals surface area contributed by atoms with Gasteiger partial charge in [0.1, 0.15) is 0 Å². The zero-order valence-corrected chi connectivity index (χ0v) is 13.1. The second-order valence-corrected chi connectivity index (χ2v) is 5.86. The topological polar surface area (TPSA) is 42.7 Å². The predicted molar refractivity (Wildman–Crippen MR) is 85.1 cm³/mol. The third kappa shape index (κ3) is 3.50. The lowest BCUT2D eigenvalue weighted by Crippen LogP contribution is -2.15. The quantitative estimate of drug-likeness (QED) is 0.761. The normalized spacial score (nSPS) is 13.1. The first kappa shape index (κ1) is 14.8. The molecular formula is C16H26N4. The number of hydrogen-bond acceptors (Lipinski definition) is 3. The number of aromatic nitrogens is 3. The van der Waals surface area contributed by atoms with Gasteiger partial charge in [0.2, 0.25) is 0 Å². The van der Waals surface area contributed by atoms with E-state index in [2.05, 4.69) is 49.2 Å². The highest BCUT2D eigenvalue weighted by Crippen LogP contribution is 2.20. The molecule has 20 heavy (non-hydrogen) atoms. The van der Waals surface area contributed by atoms with E-state index < -0.39 is 0 Å². The lowest BCUT2D eigenvalue weighted by Gasteiger charge is -2.15. The smallest absolute Gasteiger partial charge is 0.158 e. The first-order valence-electron chi connectivity index (χ1n) is 7.71. The third-order valence-corrected chi connectivity index (χ3v) is 3.58. The highest BCUT2D eigenvalue weighted by Gasteiger charge is 2.08. The Balaban J connectivity index is 2.05. The molecule has 0 saturated carbocycles. The lowest BCUT2D eigenvalue weighted by atomic mass is 10.1. The van der Waals surface area contributed by atoms with Crippen molar-refractivity contribution in [3.63, 3.8) is 0 Å². The Morgan fingerprint density at radius 3 is 2.70 bits per heavy atom. The number of hydrogen-bond donors (Lipinski definition) is 1. The van der Waals surface area contributed by atoms with Crippen LogP contribution in [0.5, 0.6) is 0 Å². The molecule has 0 saturated heterocycles. The number of rotatable bonds is 7. The molecule has 2 heterocycles. The molecule has 0 aliphatic heterocycles. The van der Waals surface area contributed by atoms with Crippen LogP contribution in [0.4, 0.5) is 5.69 Å². The van der Waals surface area contributed by atoms with E-state index in [4.69, 9.17) is 0 Å². The van der Waals surface area contributed by atoms with Crippen molar-refractivity contribution in [1.29, 1.82) is 0 Å². The molecule has 2 aromatic heterocycles. The van der Waals surface area contributed by atoms with Crippen molar-refractivity contribution in [3.05, 3.63) is 18.5 Å². The molecule has 0 spiro atoms. The summed E-state index contributed by atoms with van der Waals surface area (Å²) in [6.45, 7) is 8.71. The van der Waals surface area contributed by atoms with Crippen LogP contribution in [0.15, 0.2) is 18.5 Å². The molecule has 0 fully saturated rings. The van der Waals surface area contributed by atoms with Crippen LogP contribution in [0, 0.1) is 0 Å². The molecule has 4 nitrogen and oxygen atoms in total. The number of nitrogens with zero attached hydrogens (tertiary/aromatic N) is 3. The van der Waals surface area contributed by atoms with Crippen molar-refractivity contribution < 1.29 is 0 Å². The molecule has 4 heteroatoms. The van der Waals surface area contributed by atoms with Crippen LogP contribution in [0.25, 0.3) is 11.0 Å². The van der Waals surface area contributed by atoms with Gasteiger partial charge in [-0.15, -0.1) is 0 Å². The summed E-state index contributed by atoms with van der Waals surface area (Å²) in [7, 11) is 0. The Morgan fingerprint density at radius 2 is 2.00 bits per heavy atom. The van der Waals surface area contributed by atoms with Crippen LogP contribution in [0.3, 0.4) is 0 Å². The minimum Gasteiger partial charge on any atom is -0.381 e. The van der Waals surface area contributed by atoms with Crippen LogP contribution in [0.2, 0.25) is 0 Å². The van der Waals surface area contributed by atoms with Gasteiger partial charge in [0.15, 0.2) is 5.65 Å². The Bertz CT molecular complexity index is 544. The predicted octanol–water partition coefficient (Wildman–Crippen LogP) is 4.39. The summed E-state index contributed by atoms with van der Waals surface area (Å²) in [5, 5.41) is 9.04. The lowest BCUT2D eigenvalue weighted by molar-refractivity contribution is 0.546. The van der Waals surface area contributed by atoms with Crippen LogP contribution in [-0.4, -0.2) is 20.8 Å². The molecule has 1 unspecified atom stereocenters. The van der Waals surface area contributed by atoms with E-state index in [1.807, 2.05) is 17.1 Å². The zero-order chi connectivity index (χ0) is 14.5. The fraction of sp³-hybridized carbons (Fsp3) is 0.625. The summed E-state index contributed by atoms with van der Waals surface area (Å²) >= 11 is 0. The van der Waals surface area contributed by atoms with E-state index >= 15 is 0 Å². The molecule has 0 radical (unpaired) electrons. The van der Waals surface area contributed by atoms with Gasteiger partial charge in [0.05, 0.1) is 18.1 Å². The first-order valence-corrected chi connectivity index (χ1v) is 7.71. The second kappa shape index (κ2) is 6.73. The van der Waals surface area contributed by atoms with E-state index in [0.717, 1.165) is 16.7 Å². The average Bonchev–Trinajstić information content (AvgIpc) is 2.82. The number of nitrogens with one attached hydrogen (secondary N) is 1. The Labute approximate surface area is 121 Å². The standard InChI is InChI=1S/C16H26N4/c1-5-6-7-8-13(4)19-15-9-14-10-18-20(12(2)3)16(14)17-11-15/h9-13,19H,5-8H2,1-4H3. The molecule has 0 aliphatic rings. The first-order chi connectivity index (χ1) is 9.61. The van der Waals surface area contributed by atoms with Crippen molar-refractivity contribution in [3.8, 4) is 0 Å². The van der Waals surface area contributed by atoms with Gasteiger partial charge in [-0.3, -0.25) is 0 Å². The van der Waals surface area contributed by atoms with Crippen LogP contribution >= 0.6 is 0 Å². The molecule has 0 bridgehead atoms. The fourth-order valence-electron chi connectivity index (χ4n) is 2.45. The van der Waals surface area contributed by atoms with Crippen molar-refractivity contribution in [2.24, 2.45) is 0 Å². The van der Waals surface area contributed by atoms with Crippen molar-refractivity contribution >= 4 is 16.7 Å². The van der Waals surface area contributed by atoms with Crippen LogP contribution < -0.4 is 5.32 Å². The van der Waals surface area contributed by atoms with Gasteiger partial charge in [0.25, 0.3) is 0 Å². The molecule has 1 N–H and O–H groups in total. The summed E-state index contributed by atoms with van der Waals surface area (Å²) in [6.07, 6.45) is 8.89. The number of unbranched alkanes of at least 4 members (excludes halogenated alkanes) is 2. The minimum atomic E-state index is 0.340. The van der Waals surface area contributed by atoms with Gasteiger partial charge in [0, 0.05) is 17.5 Å². The molecule has 0 aliphatic carbocycles. The van der Waals surface area contributed by atoms with E-state index in [1.165, 1.54) is 25.7 Å². The van der Waals surface area contributed by atoms with Gasteiger partial charge >= 0.3 is 0 Å². The largest absolute Gasteiger partial charge is 0.381 e. The summed E-state index contributed by atoms with van der Waals surface area (Å²) in [6, 6.07) is 2.97. The Hall–Kier alpha value is -1.58. The number of pyridine rings is 1. The SMILES string of the molecule is CCCCCC(C)Nc1cnc2c(cnn2C(C)C)c1. The van der Waals surface area contributed by atoms with Gasteiger partial charge in [-0.25, -0.2) is 9.67 Å². The molecule has 2 aromatic rings. The Morgan fingerprint density at radius 1 is 1.20 bits per heavy atom. The molecule has 0 aromatic carbocycles. The number of anilines is 1. The summed E-state index contributed by atoms with van der Waals surface area (Å²) in [4.78, 5) is 4.55. The maximum atomic E-state index is 4.55. The van der Waals surface area contributed by atoms with Gasteiger partial charge in [-0.05, 0) is 33.3 Å². The van der Waals surface area contributed by atoms with Gasteiger partial charge < -0.3 is 5.32 Å². The molecular weight excluding hydrogens is 248 g/mol. The summed E-state index contributed by atoms with van der Waals surface area (Å²) in [5.74, 6) is 0. The summed E-state index contributed by atoms with van der Waals surface area (Å²) in [5.41, 5.74) is 2.05. The van der Waals surface area contributed by atoms with E-state index in [0.29, 0.717) is 12.1 Å². The van der Waals surface area contributed by atoms with Crippen molar-refractivity contribution in [1.82, 2.24) is 14.8 Å². The number of fused-ring (bicyclic) bond motifs is 1. The van der Waals surface area contributed by atoms with Gasteiger partial charge in [-0.2, -0.15) is 5.10 Å². The molecule has 2 rings (SSSR count). The highest BCUT2D eigenvalue weighted by atomic mass is 15.3. The van der Waals surface area contributed by atoms with Crippen LogP contribution in [0.1, 0.15) is 59.4 Å². The summed E-state index contributed by atoms with van der Waals surface area (Å²) < 4.78 is 1.96. The molecule has 1 atom stereocenters. The zero-order valence-electron chi connectivity index (χ0n) is 13.1. The van der Waals surface area contributed by atoms with E-state index in [1.54, 1.807) is 0 Å². The second-order valence-electron chi connectivity index (χ2n) is 5.86. The molecule has 0 amide bonds. The Kier molecular flexibility index (Phi) is 4.99. The maximum Gasteiger partial charge on any atom is 0.158 e. The average molecular weight is 274 g/mol. The van der Waals surface area contributed by atoms with Crippen molar-refractivity contribution in [2.45, 2.75) is 65.5 Å². The van der Waals surface area contributed by atoms with Gasteiger partial charge in [-0.1, -0.05) is 26.2 Å². The maximum absolute atomic E-state index is 4.55. The van der Waals surface area contributed by atoms with Crippen LogP contribution in [-0.2, 0) is 0 Å². The fourth-order valence-corrected chi connectivity index (χ4v) is 2.45. The third-order valence-electron chi connectivity index (χ3n) is 3.58. The molecule has 110 valence electrons. The van der Waals surface area contributed by atoms with E-state index in [-0.39, 0.29) is 0 Å². The van der Waals surface area contributed by atoms with Crippen molar-refractivity contribution in [2.75, 3.05) is 5.32 Å². The van der Waals surface area contributed by atoms with E-state index in [9.17, 15) is 0 Å². The highest BCUT2D eigenvalue weighted by molar-refractivity contribution is 5.78.